The molecule has 1 heterocycles. The lowest BCUT2D eigenvalue weighted by Gasteiger charge is -2.22. The summed E-state index contributed by atoms with van der Waals surface area (Å²) >= 11 is 0. The largest absolute Gasteiger partial charge is 0.398 e. The number of halogens is 1. The first-order valence-electron chi connectivity index (χ1n) is 6.22. The van der Waals surface area contributed by atoms with Gasteiger partial charge in [-0.1, -0.05) is 0 Å². The van der Waals surface area contributed by atoms with Gasteiger partial charge in [0, 0.05) is 39.6 Å². The minimum atomic E-state index is -3.81. The van der Waals surface area contributed by atoms with Crippen LogP contribution in [0.15, 0.2) is 17.0 Å². The molecule has 1 aromatic carbocycles. The van der Waals surface area contributed by atoms with Gasteiger partial charge in [0.1, 0.15) is 5.82 Å². The van der Waals surface area contributed by atoms with Crippen LogP contribution in [0.3, 0.4) is 0 Å². The van der Waals surface area contributed by atoms with Gasteiger partial charge in [-0.2, -0.15) is 0 Å². The summed E-state index contributed by atoms with van der Waals surface area (Å²) in [5.41, 5.74) is 5.94. The highest BCUT2D eigenvalue weighted by atomic mass is 32.2. The average molecular weight is 320 g/mol. The molecule has 1 aromatic rings. The van der Waals surface area contributed by atoms with E-state index in [-0.39, 0.29) is 22.2 Å². The maximum Gasteiger partial charge on any atom is 0.240 e. The van der Waals surface area contributed by atoms with E-state index in [1.54, 1.807) is 0 Å². The number of hydrogen-bond donors (Lipinski definition) is 2. The van der Waals surface area contributed by atoms with Crippen molar-refractivity contribution in [2.45, 2.75) is 30.7 Å². The summed E-state index contributed by atoms with van der Waals surface area (Å²) < 4.78 is 51.7. The molecule has 1 saturated heterocycles. The first kappa shape index (κ1) is 15.4. The number of nitrogens with two attached hydrogens (primary N) is 1. The lowest BCUT2D eigenvalue weighted by atomic mass is 10.2. The minimum Gasteiger partial charge on any atom is -0.398 e. The Balaban J connectivity index is 2.20. The zero-order valence-electron chi connectivity index (χ0n) is 11.1. The molecule has 0 spiro atoms. The number of benzene rings is 1. The Bertz CT molecular complexity index is 613. The van der Waals surface area contributed by atoms with Crippen molar-refractivity contribution in [2.75, 3.05) is 17.2 Å². The Hall–Kier alpha value is -0.990. The highest BCUT2D eigenvalue weighted by Crippen LogP contribution is 2.22. The predicted molar refractivity (Wildman–Crippen MR) is 76.8 cm³/mol. The summed E-state index contributed by atoms with van der Waals surface area (Å²) in [4.78, 5) is -0.176. The molecule has 0 aliphatic carbocycles. The smallest absolute Gasteiger partial charge is 0.240 e. The van der Waals surface area contributed by atoms with Crippen molar-refractivity contribution in [2.24, 2.45) is 0 Å². The summed E-state index contributed by atoms with van der Waals surface area (Å²) in [5, 5.41) is 0. The molecule has 20 heavy (non-hydrogen) atoms. The van der Waals surface area contributed by atoms with E-state index in [1.807, 2.05) is 0 Å². The van der Waals surface area contributed by atoms with Gasteiger partial charge in [0.2, 0.25) is 10.0 Å². The minimum absolute atomic E-state index is 0.107. The Morgan fingerprint density at radius 3 is 2.50 bits per heavy atom. The number of nitrogens with one attached hydrogen (secondary N) is 1. The molecular weight excluding hydrogens is 303 g/mol. The van der Waals surface area contributed by atoms with Crippen LogP contribution in [0.25, 0.3) is 0 Å². The predicted octanol–water partition coefficient (Wildman–Crippen LogP) is 0.906. The van der Waals surface area contributed by atoms with Crippen molar-refractivity contribution in [3.8, 4) is 0 Å². The van der Waals surface area contributed by atoms with Crippen LogP contribution in [-0.4, -0.2) is 30.2 Å². The van der Waals surface area contributed by atoms with Crippen LogP contribution in [0.1, 0.15) is 18.4 Å². The summed E-state index contributed by atoms with van der Waals surface area (Å²) in [6, 6.07) is 1.96. The molecule has 112 valence electrons. The van der Waals surface area contributed by atoms with Crippen LogP contribution in [0.2, 0.25) is 0 Å². The van der Waals surface area contributed by atoms with E-state index in [0.717, 1.165) is 6.07 Å². The maximum absolute atomic E-state index is 13.6. The van der Waals surface area contributed by atoms with Crippen molar-refractivity contribution in [3.05, 3.63) is 23.5 Å². The van der Waals surface area contributed by atoms with Crippen LogP contribution in [0.5, 0.6) is 0 Å². The fourth-order valence-corrected chi connectivity index (χ4v) is 4.68. The second kappa shape index (κ2) is 5.79. The van der Waals surface area contributed by atoms with Gasteiger partial charge in [-0.05, 0) is 31.9 Å². The quantitative estimate of drug-likeness (QED) is 0.810. The zero-order valence-corrected chi connectivity index (χ0v) is 12.7. The van der Waals surface area contributed by atoms with Crippen molar-refractivity contribution in [1.82, 2.24) is 4.72 Å². The third-order valence-electron chi connectivity index (χ3n) is 3.38. The summed E-state index contributed by atoms with van der Waals surface area (Å²) in [6.45, 7) is 1.49. The van der Waals surface area contributed by atoms with Gasteiger partial charge in [0.25, 0.3) is 0 Å². The molecule has 0 bridgehead atoms. The molecule has 0 radical (unpaired) electrons. The van der Waals surface area contributed by atoms with E-state index in [9.17, 15) is 17.0 Å². The number of rotatable bonds is 3. The van der Waals surface area contributed by atoms with Crippen LogP contribution in [-0.2, 0) is 20.8 Å². The van der Waals surface area contributed by atoms with Gasteiger partial charge in [-0.25, -0.2) is 17.5 Å². The fraction of sp³-hybridized carbons (Fsp3) is 0.500. The Kier molecular flexibility index (Phi) is 4.46. The Morgan fingerprint density at radius 1 is 1.35 bits per heavy atom. The SMILES string of the molecule is Cc1c(N)cc(S(=O)(=O)NC2CCS(=O)CC2)cc1F. The molecular formula is C12H17FN2O3S2. The van der Waals surface area contributed by atoms with Crippen LogP contribution < -0.4 is 10.5 Å². The average Bonchev–Trinajstić information content (AvgIpc) is 2.38. The van der Waals surface area contributed by atoms with E-state index >= 15 is 0 Å². The van der Waals surface area contributed by atoms with Crippen LogP contribution in [0, 0.1) is 12.7 Å². The van der Waals surface area contributed by atoms with E-state index in [1.165, 1.54) is 13.0 Å². The molecule has 2 rings (SSSR count). The van der Waals surface area contributed by atoms with Crippen molar-refractivity contribution < 1.29 is 17.0 Å². The third kappa shape index (κ3) is 3.36. The van der Waals surface area contributed by atoms with E-state index < -0.39 is 26.6 Å². The number of hydrogen-bond acceptors (Lipinski definition) is 4. The lowest BCUT2D eigenvalue weighted by Crippen LogP contribution is -2.39. The van der Waals surface area contributed by atoms with Crippen molar-refractivity contribution in [1.29, 1.82) is 0 Å². The standard InChI is InChI=1S/C12H17FN2O3S2/c1-8-11(13)6-10(7-12(8)14)20(17,18)15-9-2-4-19(16)5-3-9/h6-7,9,15H,2-5,14H2,1H3. The molecule has 1 aliphatic heterocycles. The summed E-state index contributed by atoms with van der Waals surface area (Å²) in [7, 11) is -4.67. The van der Waals surface area contributed by atoms with Gasteiger partial charge < -0.3 is 5.73 Å². The topological polar surface area (TPSA) is 89.3 Å². The van der Waals surface area contributed by atoms with Gasteiger partial charge in [0.05, 0.1) is 4.90 Å². The van der Waals surface area contributed by atoms with Crippen LogP contribution >= 0.6 is 0 Å². The molecule has 0 atom stereocenters. The van der Waals surface area contributed by atoms with E-state index in [0.29, 0.717) is 24.3 Å². The molecule has 1 aliphatic rings. The van der Waals surface area contributed by atoms with Gasteiger partial charge in [0.15, 0.2) is 0 Å². The van der Waals surface area contributed by atoms with Gasteiger partial charge in [-0.3, -0.25) is 4.21 Å². The van der Waals surface area contributed by atoms with E-state index in [2.05, 4.69) is 4.72 Å². The molecule has 0 amide bonds. The fourth-order valence-electron chi connectivity index (χ4n) is 2.03. The van der Waals surface area contributed by atoms with Crippen LogP contribution in [0.4, 0.5) is 10.1 Å². The molecule has 0 saturated carbocycles. The second-order valence-corrected chi connectivity index (χ2v) is 8.27. The normalized spacial score (nSPS) is 23.7. The number of anilines is 1. The zero-order chi connectivity index (χ0) is 14.9. The highest BCUT2D eigenvalue weighted by molar-refractivity contribution is 7.89. The number of nitrogen functional groups attached to an aromatic ring is 1. The van der Waals surface area contributed by atoms with E-state index in [4.69, 9.17) is 5.73 Å². The monoisotopic (exact) mass is 320 g/mol. The Labute approximate surface area is 120 Å². The molecule has 1 fully saturated rings. The second-order valence-electron chi connectivity index (χ2n) is 4.86. The molecule has 0 unspecified atom stereocenters. The molecule has 5 nitrogen and oxygen atoms in total. The Morgan fingerprint density at radius 2 is 1.95 bits per heavy atom. The summed E-state index contributed by atoms with van der Waals surface area (Å²) in [6.07, 6.45) is 1.05. The summed E-state index contributed by atoms with van der Waals surface area (Å²) in [5.74, 6) is 0.324. The first-order valence-corrected chi connectivity index (χ1v) is 9.19. The number of sulfonamides is 1. The molecule has 0 aromatic heterocycles. The molecule has 8 heteroatoms. The third-order valence-corrected chi connectivity index (χ3v) is 6.26. The van der Waals surface area contributed by atoms with Gasteiger partial charge >= 0.3 is 0 Å². The maximum atomic E-state index is 13.6. The first-order chi connectivity index (χ1) is 9.29. The van der Waals surface area contributed by atoms with Crippen molar-refractivity contribution in [3.63, 3.8) is 0 Å². The molecule has 3 N–H and O–H groups in total. The van der Waals surface area contributed by atoms with Gasteiger partial charge in [-0.15, -0.1) is 0 Å². The van der Waals surface area contributed by atoms with Crippen molar-refractivity contribution >= 4 is 26.5 Å². The lowest BCUT2D eigenvalue weighted by molar-refractivity contribution is 0.521. The highest BCUT2D eigenvalue weighted by Gasteiger charge is 2.25.